The van der Waals surface area contributed by atoms with Gasteiger partial charge in [-0.15, -0.1) is 0 Å². The zero-order valence-electron chi connectivity index (χ0n) is 11.3. The normalized spacial score (nSPS) is 22.5. The molecule has 17 heavy (non-hydrogen) atoms. The molecule has 0 aliphatic heterocycles. The second kappa shape index (κ2) is 4.75. The molecule has 0 saturated carbocycles. The van der Waals surface area contributed by atoms with Crippen molar-refractivity contribution >= 4 is 5.78 Å². The molecule has 0 fully saturated rings. The number of carbonyl (C=O) groups is 1. The van der Waals surface area contributed by atoms with Crippen molar-refractivity contribution in [3.63, 3.8) is 0 Å². The first-order valence-corrected chi connectivity index (χ1v) is 5.97. The SMILES string of the molecule is CC1=C(C)C(O)C(C)=C(CCC(C)(C)O)C1=O. The van der Waals surface area contributed by atoms with E-state index in [0.717, 1.165) is 11.1 Å². The molecule has 0 aromatic heterocycles. The van der Waals surface area contributed by atoms with Crippen LogP contribution in [0.3, 0.4) is 0 Å². The van der Waals surface area contributed by atoms with Crippen LogP contribution >= 0.6 is 0 Å². The number of carbonyl (C=O) groups excluding carboxylic acids is 1. The van der Waals surface area contributed by atoms with Crippen LogP contribution in [0.15, 0.2) is 22.3 Å². The topological polar surface area (TPSA) is 57.5 Å². The summed E-state index contributed by atoms with van der Waals surface area (Å²) >= 11 is 0. The second-order valence-electron chi connectivity index (χ2n) is 5.51. The monoisotopic (exact) mass is 238 g/mol. The number of aliphatic hydroxyl groups is 2. The molecule has 0 aromatic rings. The zero-order chi connectivity index (χ0) is 13.4. The molecule has 0 amide bonds. The molecule has 0 heterocycles. The van der Waals surface area contributed by atoms with Crippen molar-refractivity contribution in [1.82, 2.24) is 0 Å². The van der Waals surface area contributed by atoms with Gasteiger partial charge in [0.1, 0.15) is 0 Å². The first-order valence-electron chi connectivity index (χ1n) is 5.97. The van der Waals surface area contributed by atoms with Gasteiger partial charge >= 0.3 is 0 Å². The van der Waals surface area contributed by atoms with E-state index in [1.807, 2.05) is 0 Å². The fraction of sp³-hybridized carbons (Fsp3) is 0.643. The van der Waals surface area contributed by atoms with E-state index in [1.165, 1.54) is 0 Å². The van der Waals surface area contributed by atoms with Gasteiger partial charge in [0.15, 0.2) is 5.78 Å². The lowest BCUT2D eigenvalue weighted by Crippen LogP contribution is -2.26. The summed E-state index contributed by atoms with van der Waals surface area (Å²) in [5.41, 5.74) is 1.96. The molecule has 3 heteroatoms. The average molecular weight is 238 g/mol. The smallest absolute Gasteiger partial charge is 0.184 e. The van der Waals surface area contributed by atoms with Gasteiger partial charge in [0.2, 0.25) is 0 Å². The van der Waals surface area contributed by atoms with Crippen LogP contribution in [-0.2, 0) is 4.79 Å². The molecule has 0 radical (unpaired) electrons. The zero-order valence-corrected chi connectivity index (χ0v) is 11.3. The molecule has 0 spiro atoms. The lowest BCUT2D eigenvalue weighted by Gasteiger charge is -2.26. The van der Waals surface area contributed by atoms with Crippen LogP contribution in [-0.4, -0.2) is 27.7 Å². The predicted octanol–water partition coefficient (Wildman–Crippen LogP) is 2.13. The van der Waals surface area contributed by atoms with Crippen LogP contribution in [0.4, 0.5) is 0 Å². The minimum absolute atomic E-state index is 0.00884. The van der Waals surface area contributed by atoms with Gasteiger partial charge < -0.3 is 10.2 Å². The van der Waals surface area contributed by atoms with Crippen molar-refractivity contribution in [1.29, 1.82) is 0 Å². The van der Waals surface area contributed by atoms with E-state index in [1.54, 1.807) is 34.6 Å². The molecular formula is C14H22O3. The Hall–Kier alpha value is -0.930. The van der Waals surface area contributed by atoms with Gasteiger partial charge in [-0.1, -0.05) is 0 Å². The molecule has 1 aliphatic carbocycles. The van der Waals surface area contributed by atoms with Gasteiger partial charge in [-0.25, -0.2) is 0 Å². The van der Waals surface area contributed by atoms with Crippen LogP contribution in [0.2, 0.25) is 0 Å². The van der Waals surface area contributed by atoms with Crippen molar-refractivity contribution < 1.29 is 15.0 Å². The summed E-state index contributed by atoms with van der Waals surface area (Å²) in [6, 6.07) is 0. The summed E-state index contributed by atoms with van der Waals surface area (Å²) in [4.78, 5) is 12.1. The maximum atomic E-state index is 12.1. The second-order valence-corrected chi connectivity index (χ2v) is 5.51. The quantitative estimate of drug-likeness (QED) is 0.792. The van der Waals surface area contributed by atoms with Crippen molar-refractivity contribution in [3.05, 3.63) is 22.3 Å². The summed E-state index contributed by atoms with van der Waals surface area (Å²) in [6.45, 7) is 8.77. The van der Waals surface area contributed by atoms with Gasteiger partial charge in [-0.3, -0.25) is 4.79 Å². The number of rotatable bonds is 3. The third-order valence-corrected chi connectivity index (χ3v) is 3.49. The van der Waals surface area contributed by atoms with E-state index in [-0.39, 0.29) is 5.78 Å². The van der Waals surface area contributed by atoms with E-state index in [4.69, 9.17) is 0 Å². The summed E-state index contributed by atoms with van der Waals surface area (Å²) in [6.07, 6.45) is 0.379. The predicted molar refractivity (Wildman–Crippen MR) is 67.6 cm³/mol. The molecule has 96 valence electrons. The van der Waals surface area contributed by atoms with Crippen molar-refractivity contribution in [2.45, 2.75) is 59.2 Å². The Morgan fingerprint density at radius 3 is 2.18 bits per heavy atom. The highest BCUT2D eigenvalue weighted by molar-refractivity contribution is 6.10. The molecule has 0 saturated heterocycles. The van der Waals surface area contributed by atoms with Gasteiger partial charge in [-0.2, -0.15) is 0 Å². The molecule has 2 N–H and O–H groups in total. The Labute approximate surface area is 103 Å². The fourth-order valence-electron chi connectivity index (χ4n) is 2.02. The van der Waals surface area contributed by atoms with E-state index in [9.17, 15) is 15.0 Å². The number of hydrogen-bond acceptors (Lipinski definition) is 3. The average Bonchev–Trinajstić information content (AvgIpc) is 2.22. The summed E-state index contributed by atoms with van der Waals surface area (Å²) in [5, 5.41) is 19.7. The molecule has 0 aromatic carbocycles. The van der Waals surface area contributed by atoms with Gasteiger partial charge in [0, 0.05) is 5.57 Å². The Balaban J connectivity index is 2.95. The van der Waals surface area contributed by atoms with Gasteiger partial charge in [0.25, 0.3) is 0 Å². The maximum absolute atomic E-state index is 12.1. The fourth-order valence-corrected chi connectivity index (χ4v) is 2.02. The Kier molecular flexibility index (Phi) is 3.95. The van der Waals surface area contributed by atoms with E-state index in [0.29, 0.717) is 24.0 Å². The highest BCUT2D eigenvalue weighted by atomic mass is 16.3. The number of Topliss-reactive ketones (excluding diaryl/α,β-unsaturated/α-hetero) is 1. The number of aliphatic hydroxyl groups excluding tert-OH is 1. The largest absolute Gasteiger partial charge is 0.390 e. The van der Waals surface area contributed by atoms with E-state index in [2.05, 4.69) is 0 Å². The van der Waals surface area contributed by atoms with Crippen molar-refractivity contribution in [2.24, 2.45) is 0 Å². The third-order valence-electron chi connectivity index (χ3n) is 3.49. The molecule has 1 rings (SSSR count). The van der Waals surface area contributed by atoms with Crippen molar-refractivity contribution in [2.75, 3.05) is 0 Å². The Bertz CT molecular complexity index is 394. The van der Waals surface area contributed by atoms with Crippen molar-refractivity contribution in [3.8, 4) is 0 Å². The lowest BCUT2D eigenvalue weighted by atomic mass is 9.82. The molecule has 0 bridgehead atoms. The maximum Gasteiger partial charge on any atom is 0.184 e. The van der Waals surface area contributed by atoms with Crippen LogP contribution in [0.1, 0.15) is 47.5 Å². The van der Waals surface area contributed by atoms with Gasteiger partial charge in [-0.05, 0) is 64.2 Å². The van der Waals surface area contributed by atoms with Crippen LogP contribution in [0.5, 0.6) is 0 Å². The minimum Gasteiger partial charge on any atom is -0.390 e. The number of ketones is 1. The van der Waals surface area contributed by atoms with Crippen LogP contribution < -0.4 is 0 Å². The molecule has 1 unspecified atom stereocenters. The molecular weight excluding hydrogens is 216 g/mol. The minimum atomic E-state index is -0.789. The van der Waals surface area contributed by atoms with E-state index >= 15 is 0 Å². The lowest BCUT2D eigenvalue weighted by molar-refractivity contribution is -0.112. The van der Waals surface area contributed by atoms with Gasteiger partial charge in [0.05, 0.1) is 11.7 Å². The highest BCUT2D eigenvalue weighted by Crippen LogP contribution is 2.30. The first-order chi connectivity index (χ1) is 7.65. The highest BCUT2D eigenvalue weighted by Gasteiger charge is 2.28. The first kappa shape index (κ1) is 14.1. The van der Waals surface area contributed by atoms with E-state index < -0.39 is 11.7 Å². The molecule has 3 nitrogen and oxygen atoms in total. The molecule has 1 atom stereocenters. The van der Waals surface area contributed by atoms with Crippen LogP contribution in [0.25, 0.3) is 0 Å². The summed E-state index contributed by atoms with van der Waals surface area (Å²) in [5.74, 6) is 0.00884. The number of hydrogen-bond donors (Lipinski definition) is 2. The Morgan fingerprint density at radius 2 is 1.71 bits per heavy atom. The standard InChI is InChI=1S/C14H22O3/c1-8-9(2)13(16)11(10(3)12(8)15)6-7-14(4,5)17/h12,15,17H,6-7H2,1-5H3. The third kappa shape index (κ3) is 3.05. The number of allylic oxidation sites excluding steroid dienone is 2. The molecule has 1 aliphatic rings. The summed E-state index contributed by atoms with van der Waals surface area (Å²) < 4.78 is 0. The van der Waals surface area contributed by atoms with Crippen LogP contribution in [0, 0.1) is 0 Å². The Morgan fingerprint density at radius 1 is 1.18 bits per heavy atom. The summed E-state index contributed by atoms with van der Waals surface area (Å²) in [7, 11) is 0.